The number of aliphatic imine (C=N–C) groups is 3. The summed E-state index contributed by atoms with van der Waals surface area (Å²) in [4.78, 5) is 6.69. The van der Waals surface area contributed by atoms with Crippen LogP contribution in [0.2, 0.25) is 0 Å². The van der Waals surface area contributed by atoms with E-state index in [0.29, 0.717) is 6.40 Å². The number of nitrogens with zero attached hydrogens (tertiary/aromatic N) is 3. The summed E-state index contributed by atoms with van der Waals surface area (Å²) in [5.41, 5.74) is 0. The molecule has 0 bridgehead atoms. The molecule has 0 N–H and O–H groups in total. The molecule has 0 amide bonds. The highest BCUT2D eigenvalue weighted by atomic mass is 19.4. The molecule has 0 aromatic heterocycles. The maximum absolute atomic E-state index is 11.7. The van der Waals surface area contributed by atoms with Gasteiger partial charge in [-0.1, -0.05) is 0 Å². The summed E-state index contributed by atoms with van der Waals surface area (Å²) in [7, 11) is 0. The zero-order valence-electron chi connectivity index (χ0n) is 6.60. The smallest absolute Gasteiger partial charge is 0.424 e. The van der Waals surface area contributed by atoms with Crippen LogP contribution in [0.4, 0.5) is 26.3 Å². The van der Waals surface area contributed by atoms with E-state index in [2.05, 4.69) is 9.73 Å². The molecule has 0 aromatic carbocycles. The van der Waals surface area contributed by atoms with Gasteiger partial charge in [-0.3, -0.25) is 0 Å². The van der Waals surface area contributed by atoms with Gasteiger partial charge in [-0.05, 0) is 0 Å². The molecule has 0 radical (unpaired) electrons. The molecule has 84 valence electrons. The predicted molar refractivity (Wildman–Crippen MR) is 36.6 cm³/mol. The van der Waals surface area contributed by atoms with Crippen LogP contribution in [-0.4, -0.2) is 30.7 Å². The number of amidine groups is 1. The van der Waals surface area contributed by atoms with Crippen LogP contribution in [0.25, 0.3) is 0 Å². The van der Waals surface area contributed by atoms with Crippen LogP contribution in [-0.2, 0) is 4.74 Å². The lowest BCUT2D eigenvalue weighted by atomic mass is 10.6. The summed E-state index contributed by atoms with van der Waals surface area (Å²) in [5, 5.41) is 0. The van der Waals surface area contributed by atoms with E-state index in [1.54, 1.807) is 0 Å². The Hall–Kier alpha value is -1.61. The zero-order valence-corrected chi connectivity index (χ0v) is 6.60. The largest absolute Gasteiger partial charge is 0.506 e. The van der Waals surface area contributed by atoms with Crippen molar-refractivity contribution in [1.82, 2.24) is 0 Å². The fourth-order valence-electron chi connectivity index (χ4n) is 0.622. The molecule has 0 aliphatic carbocycles. The van der Waals surface area contributed by atoms with E-state index in [0.717, 1.165) is 0 Å². The number of ether oxygens (including phenoxy) is 1. The molecule has 10 heteroatoms. The maximum atomic E-state index is 11.7. The van der Waals surface area contributed by atoms with Crippen LogP contribution in [0.5, 0.6) is 0 Å². The second kappa shape index (κ2) is 3.51. The third-order valence-corrected chi connectivity index (χ3v) is 0.992. The van der Waals surface area contributed by atoms with E-state index in [-0.39, 0.29) is 0 Å². The van der Waals surface area contributed by atoms with Crippen LogP contribution >= 0.6 is 0 Å². The van der Waals surface area contributed by atoms with Crippen LogP contribution < -0.4 is 0 Å². The summed E-state index contributed by atoms with van der Waals surface area (Å²) in [6.07, 6.45) is -9.70. The molecule has 0 fully saturated rings. The zero-order chi connectivity index (χ0) is 11.7. The minimum absolute atomic E-state index is 0.384. The Morgan fingerprint density at radius 3 is 2.00 bits per heavy atom. The van der Waals surface area contributed by atoms with Crippen molar-refractivity contribution in [2.24, 2.45) is 15.0 Å². The molecule has 0 spiro atoms. The molecule has 1 aliphatic heterocycles. The van der Waals surface area contributed by atoms with Gasteiger partial charge in [0.2, 0.25) is 5.84 Å². The van der Waals surface area contributed by atoms with Crippen LogP contribution in [0.15, 0.2) is 15.0 Å². The third-order valence-electron chi connectivity index (χ3n) is 0.992. The molecule has 15 heavy (non-hydrogen) atoms. The van der Waals surface area contributed by atoms with E-state index < -0.39 is 24.3 Å². The number of rotatable bonds is 0. The molecule has 4 nitrogen and oxygen atoms in total. The van der Waals surface area contributed by atoms with E-state index in [9.17, 15) is 26.3 Å². The Bertz CT molecular complexity index is 338. The number of hydrogen-bond acceptors (Lipinski definition) is 3. The summed E-state index contributed by atoms with van der Waals surface area (Å²) < 4.78 is 73.9. The molecule has 0 atom stereocenters. The van der Waals surface area contributed by atoms with Crippen molar-refractivity contribution in [1.29, 1.82) is 0 Å². The van der Waals surface area contributed by atoms with E-state index >= 15 is 0 Å². The fourth-order valence-corrected chi connectivity index (χ4v) is 0.622. The molecule has 1 aliphatic rings. The highest BCUT2D eigenvalue weighted by Crippen LogP contribution is 2.21. The third kappa shape index (κ3) is 3.95. The predicted octanol–water partition coefficient (Wildman–Crippen LogP) is 1.88. The van der Waals surface area contributed by atoms with Crippen LogP contribution in [0.3, 0.4) is 0 Å². The topological polar surface area (TPSA) is 46.3 Å². The van der Waals surface area contributed by atoms with Gasteiger partial charge in [0.25, 0.3) is 5.90 Å². The van der Waals surface area contributed by atoms with Gasteiger partial charge < -0.3 is 4.74 Å². The Balaban J connectivity index is 2.96. The lowest BCUT2D eigenvalue weighted by Gasteiger charge is -2.02. The van der Waals surface area contributed by atoms with Crippen molar-refractivity contribution in [2.75, 3.05) is 0 Å². The molecule has 0 aromatic rings. The minimum atomic E-state index is -5.05. The molecule has 0 unspecified atom stereocenters. The first kappa shape index (κ1) is 11.5. The van der Waals surface area contributed by atoms with Crippen molar-refractivity contribution < 1.29 is 31.1 Å². The van der Waals surface area contributed by atoms with Crippen molar-refractivity contribution in [3.05, 3.63) is 0 Å². The molecular formula is C5HF6N3O. The Kier molecular flexibility index (Phi) is 2.69. The lowest BCUT2D eigenvalue weighted by molar-refractivity contribution is -0.122. The van der Waals surface area contributed by atoms with Gasteiger partial charge in [-0.15, -0.1) is 31.3 Å². The van der Waals surface area contributed by atoms with Gasteiger partial charge in [0.1, 0.15) is 0 Å². The highest BCUT2D eigenvalue weighted by Gasteiger charge is 2.34. The Morgan fingerprint density at radius 1 is 1.00 bits per heavy atom. The van der Waals surface area contributed by atoms with Crippen LogP contribution in [0, 0.1) is 0 Å². The maximum Gasteiger partial charge on any atom is 0.506 e. The van der Waals surface area contributed by atoms with E-state index in [1.807, 2.05) is 9.98 Å². The van der Waals surface area contributed by atoms with Gasteiger partial charge in [-0.25, -0.2) is 0 Å². The molecule has 1 rings (SSSR count). The van der Waals surface area contributed by atoms with Gasteiger partial charge >= 0.3 is 12.6 Å². The Morgan fingerprint density at radius 2 is 1.53 bits per heavy atom. The second-order valence-electron chi connectivity index (χ2n) is 2.14. The van der Waals surface area contributed by atoms with E-state index in [1.165, 1.54) is 0 Å². The van der Waals surface area contributed by atoms with Crippen molar-refractivity contribution in [3.8, 4) is 0 Å². The van der Waals surface area contributed by atoms with Crippen LogP contribution in [0.1, 0.15) is 0 Å². The van der Waals surface area contributed by atoms with Gasteiger partial charge in [0.15, 0.2) is 6.40 Å². The Labute approximate surface area is 78.0 Å². The summed E-state index contributed by atoms with van der Waals surface area (Å²) >= 11 is 0. The molecular weight excluding hydrogens is 232 g/mol. The minimum Gasteiger partial charge on any atom is -0.424 e. The van der Waals surface area contributed by atoms with Crippen molar-refractivity contribution >= 4 is 18.1 Å². The summed E-state index contributed by atoms with van der Waals surface area (Å²) in [5.74, 6) is -2.60. The standard InChI is InChI=1S/C5HF6N3O/c6-4(7,8)13-2-3(15-1-12-2)14-5(9,10)11/h1H. The van der Waals surface area contributed by atoms with Gasteiger partial charge in [-0.2, -0.15) is 9.98 Å². The quantitative estimate of drug-likeness (QED) is 0.465. The average molecular weight is 233 g/mol. The molecule has 0 saturated carbocycles. The first-order valence-corrected chi connectivity index (χ1v) is 3.20. The summed E-state index contributed by atoms with van der Waals surface area (Å²) in [6, 6.07) is 0. The lowest BCUT2D eigenvalue weighted by Crippen LogP contribution is -2.18. The number of halogens is 6. The molecule has 1 heterocycles. The summed E-state index contributed by atoms with van der Waals surface area (Å²) in [6.45, 7) is 0. The molecule has 0 saturated heterocycles. The van der Waals surface area contributed by atoms with Crippen molar-refractivity contribution in [2.45, 2.75) is 12.6 Å². The van der Waals surface area contributed by atoms with Crippen molar-refractivity contribution in [3.63, 3.8) is 0 Å². The normalized spacial score (nSPS) is 22.5. The van der Waals surface area contributed by atoms with Gasteiger partial charge in [0, 0.05) is 0 Å². The second-order valence-corrected chi connectivity index (χ2v) is 2.14. The first-order valence-electron chi connectivity index (χ1n) is 3.20. The number of hydrogen-bond donors (Lipinski definition) is 0. The first-order chi connectivity index (χ1) is 6.67. The highest BCUT2D eigenvalue weighted by molar-refractivity contribution is 6.42. The van der Waals surface area contributed by atoms with Gasteiger partial charge in [0.05, 0.1) is 0 Å². The number of alkyl halides is 6. The monoisotopic (exact) mass is 233 g/mol. The SMILES string of the molecule is FC(F)(F)N=C1N=COC1=NC(F)(F)F. The fraction of sp³-hybridized carbons (Fsp3) is 0.400. The van der Waals surface area contributed by atoms with E-state index in [4.69, 9.17) is 0 Å². The average Bonchev–Trinajstić information content (AvgIpc) is 2.29.